The van der Waals surface area contributed by atoms with E-state index in [9.17, 15) is 18.8 Å². The quantitative estimate of drug-likeness (QED) is 0.557. The van der Waals surface area contributed by atoms with E-state index < -0.39 is 30.1 Å². The molecule has 0 unspecified atom stereocenters. The number of benzene rings is 1. The second kappa shape index (κ2) is 11.4. The van der Waals surface area contributed by atoms with Gasteiger partial charge in [0, 0.05) is 42.2 Å². The van der Waals surface area contributed by atoms with Gasteiger partial charge in [0.2, 0.25) is 11.8 Å². The third-order valence-electron chi connectivity index (χ3n) is 9.28. The van der Waals surface area contributed by atoms with Crippen molar-refractivity contribution >= 4 is 34.1 Å². The Morgan fingerprint density at radius 3 is 2.59 bits per heavy atom. The normalized spacial score (nSPS) is 26.4. The van der Waals surface area contributed by atoms with Crippen LogP contribution in [-0.2, 0) is 14.3 Å². The molecule has 0 spiro atoms. The number of anilines is 1. The number of piperazine rings is 1. The van der Waals surface area contributed by atoms with Crippen molar-refractivity contribution in [1.29, 1.82) is 0 Å². The molecule has 2 N–H and O–H groups in total. The van der Waals surface area contributed by atoms with E-state index >= 15 is 0 Å². The van der Waals surface area contributed by atoms with E-state index in [1.165, 1.54) is 4.90 Å². The third-order valence-corrected chi connectivity index (χ3v) is 10.3. The van der Waals surface area contributed by atoms with E-state index in [4.69, 9.17) is 15.5 Å². The van der Waals surface area contributed by atoms with E-state index in [-0.39, 0.29) is 36.3 Å². The second-order valence-electron chi connectivity index (χ2n) is 11.9. The first-order valence-electron chi connectivity index (χ1n) is 14.7. The highest BCUT2D eigenvalue weighted by atomic mass is 32.1. The topological polar surface area (TPSA) is 109 Å². The third kappa shape index (κ3) is 5.28. The summed E-state index contributed by atoms with van der Waals surface area (Å²) in [4.78, 5) is 51.8. The molecule has 1 aromatic heterocycles. The van der Waals surface area contributed by atoms with Gasteiger partial charge in [-0.05, 0) is 50.4 Å². The number of likely N-dealkylation sites (tertiary alicyclic amines) is 1. The minimum atomic E-state index is -1.42. The molecule has 1 aliphatic carbocycles. The fourth-order valence-electron chi connectivity index (χ4n) is 7.03. The summed E-state index contributed by atoms with van der Waals surface area (Å²) in [5.74, 6) is -1.97. The number of carbonyl (C=O) groups is 3. The zero-order valence-corrected chi connectivity index (χ0v) is 24.5. The lowest BCUT2D eigenvalue weighted by Gasteiger charge is -2.34. The van der Waals surface area contributed by atoms with Crippen LogP contribution in [0.2, 0.25) is 0 Å². The van der Waals surface area contributed by atoms with Crippen molar-refractivity contribution in [2.45, 2.75) is 63.3 Å². The van der Waals surface area contributed by atoms with Crippen molar-refractivity contribution in [2.75, 3.05) is 51.3 Å². The zero-order valence-electron chi connectivity index (χ0n) is 23.7. The lowest BCUT2D eigenvalue weighted by atomic mass is 9.74. The number of ether oxygens (including phenoxy) is 1. The maximum atomic E-state index is 14.9. The van der Waals surface area contributed by atoms with E-state index in [2.05, 4.69) is 16.8 Å². The van der Waals surface area contributed by atoms with Crippen molar-refractivity contribution in [3.63, 3.8) is 0 Å². The summed E-state index contributed by atoms with van der Waals surface area (Å²) in [6, 6.07) is 4.51. The number of aromatic nitrogens is 1. The molecule has 41 heavy (non-hydrogen) atoms. The molecule has 4 atom stereocenters. The molecule has 1 aromatic carbocycles. The number of thiazole rings is 1. The molecule has 9 nitrogen and oxygen atoms in total. The van der Waals surface area contributed by atoms with Gasteiger partial charge in [-0.2, -0.15) is 0 Å². The largest absolute Gasteiger partial charge is 0.366 e. The number of Topliss-reactive ketones (excluding diaryl/α,β-unsaturated/α-hetero) is 1. The Bertz CT molecular complexity index is 1340. The minimum Gasteiger partial charge on any atom is -0.366 e. The Labute approximate surface area is 243 Å². The number of rotatable bonds is 6. The molecule has 0 bridgehead atoms. The predicted molar refractivity (Wildman–Crippen MR) is 155 cm³/mol. The van der Waals surface area contributed by atoms with Crippen LogP contribution < -0.4 is 10.6 Å². The van der Waals surface area contributed by atoms with E-state index in [0.29, 0.717) is 5.56 Å². The smallest absolute Gasteiger partial charge is 0.249 e. The first-order valence-corrected chi connectivity index (χ1v) is 15.5. The van der Waals surface area contributed by atoms with Crippen molar-refractivity contribution in [1.82, 2.24) is 14.8 Å². The summed E-state index contributed by atoms with van der Waals surface area (Å²) in [6.45, 7) is 5.43. The van der Waals surface area contributed by atoms with Gasteiger partial charge in [0.15, 0.2) is 10.9 Å². The van der Waals surface area contributed by atoms with Gasteiger partial charge in [0.1, 0.15) is 24.9 Å². The number of alkyl halides is 1. The van der Waals surface area contributed by atoms with E-state index in [1.807, 2.05) is 19.1 Å². The number of amides is 2. The van der Waals surface area contributed by atoms with Gasteiger partial charge in [0.05, 0.1) is 18.2 Å². The summed E-state index contributed by atoms with van der Waals surface area (Å²) >= 11 is 1.64. The number of nitrogens with two attached hydrogens (primary N) is 1. The molecule has 1 saturated carbocycles. The number of aryl methyl sites for hydroxylation is 1. The van der Waals surface area contributed by atoms with E-state index in [0.717, 1.165) is 79.5 Å². The Hall–Kier alpha value is -2.89. The predicted octanol–water partition coefficient (Wildman–Crippen LogP) is 3.15. The van der Waals surface area contributed by atoms with Crippen LogP contribution in [0.1, 0.15) is 58.8 Å². The van der Waals surface area contributed by atoms with Crippen LogP contribution in [0.3, 0.4) is 0 Å². The summed E-state index contributed by atoms with van der Waals surface area (Å²) in [5.41, 5.74) is 8.34. The zero-order chi connectivity index (χ0) is 28.8. The lowest BCUT2D eigenvalue weighted by Crippen LogP contribution is -2.46. The number of hydrogen-bond acceptors (Lipinski definition) is 8. The first kappa shape index (κ1) is 28.2. The highest BCUT2D eigenvalue weighted by molar-refractivity contribution is 7.16. The molecule has 11 heteroatoms. The van der Waals surface area contributed by atoms with Crippen LogP contribution >= 0.6 is 11.3 Å². The van der Waals surface area contributed by atoms with Gasteiger partial charge >= 0.3 is 0 Å². The molecule has 6 rings (SSSR count). The fourth-order valence-corrected chi connectivity index (χ4v) is 8.02. The van der Waals surface area contributed by atoms with Crippen molar-refractivity contribution in [3.05, 3.63) is 34.2 Å². The fraction of sp³-hybridized carbons (Fsp3) is 0.600. The van der Waals surface area contributed by atoms with Crippen molar-refractivity contribution in [3.8, 4) is 11.3 Å². The van der Waals surface area contributed by atoms with Gasteiger partial charge in [-0.25, -0.2) is 9.37 Å². The standard InChI is InChI=1S/C30H38FN5O4S/c1-17-25(33-30(41-17)35-12-10-34(2)11-13-35)19-8-9-20(28(32)38)21(14-19)24(18-6-4-3-5-7-18)29(39)36-15-22(31)27-26(36)23(37)16-40-27/h8-9,14,18,22,24,26-27H,3-7,10-13,15-16H2,1-2H3,(H2,32,38)/t22-,24-,26+,27+/m0/s1. The molecule has 4 heterocycles. The maximum Gasteiger partial charge on any atom is 0.249 e. The lowest BCUT2D eigenvalue weighted by molar-refractivity contribution is -0.139. The highest BCUT2D eigenvalue weighted by Crippen LogP contribution is 2.43. The molecule has 3 aliphatic heterocycles. The van der Waals surface area contributed by atoms with Gasteiger partial charge in [0.25, 0.3) is 0 Å². The number of likely N-dealkylation sites (N-methyl/N-ethyl adjacent to an activating group) is 1. The molecular weight excluding hydrogens is 545 g/mol. The molecular formula is C30H38FN5O4S. The van der Waals surface area contributed by atoms with Gasteiger partial charge in [-0.15, -0.1) is 11.3 Å². The molecule has 2 amide bonds. The number of ketones is 1. The Morgan fingerprint density at radius 1 is 1.15 bits per heavy atom. The number of nitrogens with zero attached hydrogens (tertiary/aromatic N) is 4. The van der Waals surface area contributed by atoms with Gasteiger partial charge in [-0.3, -0.25) is 14.4 Å². The average Bonchev–Trinajstić information content (AvgIpc) is 3.64. The van der Waals surface area contributed by atoms with Gasteiger partial charge < -0.3 is 25.2 Å². The van der Waals surface area contributed by atoms with Crippen molar-refractivity contribution < 1.29 is 23.5 Å². The van der Waals surface area contributed by atoms with Crippen LogP contribution in [0.5, 0.6) is 0 Å². The SMILES string of the molecule is Cc1sc(N2CCN(C)CC2)nc1-c1ccc(C(N)=O)c([C@@H](C(=O)N2C[C@H](F)[C@H]3OCC(=O)[C@H]32)C2CCCCC2)c1. The Balaban J connectivity index is 1.40. The molecule has 220 valence electrons. The summed E-state index contributed by atoms with van der Waals surface area (Å²) in [5, 5.41) is 0.961. The summed E-state index contributed by atoms with van der Waals surface area (Å²) in [7, 11) is 2.12. The molecule has 3 saturated heterocycles. The molecule has 4 aliphatic rings. The Kier molecular flexibility index (Phi) is 7.86. The maximum absolute atomic E-state index is 14.9. The van der Waals surface area contributed by atoms with Crippen LogP contribution in [0.15, 0.2) is 18.2 Å². The first-order chi connectivity index (χ1) is 19.7. The van der Waals surface area contributed by atoms with Crippen LogP contribution in [-0.4, -0.2) is 97.1 Å². The van der Waals surface area contributed by atoms with E-state index in [1.54, 1.807) is 17.4 Å². The number of carbonyl (C=O) groups excluding carboxylic acids is 3. The molecule has 4 fully saturated rings. The number of primary amides is 1. The average molecular weight is 584 g/mol. The van der Waals surface area contributed by atoms with Crippen LogP contribution in [0, 0.1) is 12.8 Å². The monoisotopic (exact) mass is 583 g/mol. The summed E-state index contributed by atoms with van der Waals surface area (Å²) in [6.07, 6.45) is 2.31. The summed E-state index contributed by atoms with van der Waals surface area (Å²) < 4.78 is 20.3. The van der Waals surface area contributed by atoms with Crippen LogP contribution in [0.4, 0.5) is 9.52 Å². The van der Waals surface area contributed by atoms with Crippen molar-refractivity contribution in [2.24, 2.45) is 11.7 Å². The Morgan fingerprint density at radius 2 is 1.88 bits per heavy atom. The molecule has 2 aromatic rings. The number of hydrogen-bond donors (Lipinski definition) is 1. The van der Waals surface area contributed by atoms with Crippen LogP contribution in [0.25, 0.3) is 11.3 Å². The second-order valence-corrected chi connectivity index (χ2v) is 13.1. The number of halogens is 1. The number of fused-ring (bicyclic) bond motifs is 1. The van der Waals surface area contributed by atoms with Gasteiger partial charge in [-0.1, -0.05) is 25.3 Å². The highest BCUT2D eigenvalue weighted by Gasteiger charge is 2.54. The molecule has 0 radical (unpaired) electrons. The minimum absolute atomic E-state index is 0.0448.